The van der Waals surface area contributed by atoms with Crippen molar-refractivity contribution < 1.29 is 29.0 Å². The normalized spacial score (nSPS) is 16.5. The number of aliphatic hydroxyl groups excluding tert-OH is 1. The van der Waals surface area contributed by atoms with Crippen LogP contribution in [0.3, 0.4) is 0 Å². The van der Waals surface area contributed by atoms with E-state index in [-0.39, 0.29) is 27.9 Å². The molecule has 1 aromatic heterocycles. The highest BCUT2D eigenvalue weighted by atomic mass is 35.5. The fourth-order valence-electron chi connectivity index (χ4n) is 4.01. The molecule has 1 aliphatic rings. The van der Waals surface area contributed by atoms with Crippen LogP contribution in [0.25, 0.3) is 5.76 Å². The van der Waals surface area contributed by atoms with Crippen molar-refractivity contribution in [2.24, 2.45) is 0 Å². The molecule has 38 heavy (non-hydrogen) atoms. The topological polar surface area (TPSA) is 106 Å². The van der Waals surface area contributed by atoms with Crippen LogP contribution in [0.2, 0.25) is 5.02 Å². The average Bonchev–Trinajstić information content (AvgIpc) is 3.42. The summed E-state index contributed by atoms with van der Waals surface area (Å²) in [5.41, 5.74) is 1.01. The first-order chi connectivity index (χ1) is 18.3. The third-order valence-electron chi connectivity index (χ3n) is 5.70. The summed E-state index contributed by atoms with van der Waals surface area (Å²) in [5.74, 6) is -2.25. The van der Waals surface area contributed by atoms with E-state index < -0.39 is 23.7 Å². The highest BCUT2D eigenvalue weighted by Crippen LogP contribution is 2.44. The number of aliphatic hydroxyl groups is 1. The van der Waals surface area contributed by atoms with Gasteiger partial charge in [-0.3, -0.25) is 14.5 Å². The zero-order valence-corrected chi connectivity index (χ0v) is 22.3. The SMILES string of the molecule is C=CCOC(=O)c1sc(N2C(=O)C(=O)/C(=C(/O)c3cccc(OCCC)c3)C2c2cccc(Cl)c2)nc1C. The van der Waals surface area contributed by atoms with Gasteiger partial charge in [-0.25, -0.2) is 9.78 Å². The van der Waals surface area contributed by atoms with Crippen molar-refractivity contribution >= 4 is 51.5 Å². The molecule has 0 spiro atoms. The van der Waals surface area contributed by atoms with Gasteiger partial charge in [-0.05, 0) is 43.2 Å². The van der Waals surface area contributed by atoms with Crippen LogP contribution in [-0.2, 0) is 14.3 Å². The van der Waals surface area contributed by atoms with Crippen LogP contribution in [0.15, 0.2) is 66.8 Å². The lowest BCUT2D eigenvalue weighted by Gasteiger charge is -2.23. The minimum atomic E-state index is -1.04. The van der Waals surface area contributed by atoms with E-state index in [4.69, 9.17) is 21.1 Å². The number of hydrogen-bond donors (Lipinski definition) is 1. The van der Waals surface area contributed by atoms with E-state index in [1.165, 1.54) is 11.0 Å². The van der Waals surface area contributed by atoms with Crippen molar-refractivity contribution in [3.8, 4) is 5.75 Å². The van der Waals surface area contributed by atoms with E-state index in [1.807, 2.05) is 6.92 Å². The zero-order chi connectivity index (χ0) is 27.4. The molecular formula is C28H25ClN2O6S. The molecule has 1 aliphatic heterocycles. The second-order valence-electron chi connectivity index (χ2n) is 8.40. The number of anilines is 1. The molecule has 0 bridgehead atoms. The molecule has 0 radical (unpaired) electrons. The average molecular weight is 553 g/mol. The van der Waals surface area contributed by atoms with Crippen LogP contribution in [0, 0.1) is 6.92 Å². The van der Waals surface area contributed by atoms with E-state index in [0.29, 0.717) is 34.2 Å². The van der Waals surface area contributed by atoms with Crippen LogP contribution in [-0.4, -0.2) is 41.0 Å². The van der Waals surface area contributed by atoms with Crippen molar-refractivity contribution in [2.45, 2.75) is 26.3 Å². The molecule has 0 aliphatic carbocycles. The Labute approximate surface area is 228 Å². The lowest BCUT2D eigenvalue weighted by atomic mass is 9.95. The molecule has 2 aromatic carbocycles. The number of Topliss-reactive ketones (excluding diaryl/α,β-unsaturated/α-hetero) is 1. The number of thiazole rings is 1. The monoisotopic (exact) mass is 552 g/mol. The largest absolute Gasteiger partial charge is 0.507 e. The summed E-state index contributed by atoms with van der Waals surface area (Å²) in [6.45, 7) is 7.61. The number of benzene rings is 2. The number of ketones is 1. The molecule has 1 amide bonds. The molecule has 1 saturated heterocycles. The number of aryl methyl sites for hydroxylation is 1. The van der Waals surface area contributed by atoms with Crippen molar-refractivity contribution in [3.63, 3.8) is 0 Å². The maximum Gasteiger partial charge on any atom is 0.350 e. The Morgan fingerprint density at radius 1 is 1.24 bits per heavy atom. The Balaban J connectivity index is 1.86. The van der Waals surface area contributed by atoms with Crippen molar-refractivity contribution in [1.82, 2.24) is 4.98 Å². The highest BCUT2D eigenvalue weighted by Gasteiger charge is 2.48. The summed E-state index contributed by atoms with van der Waals surface area (Å²) >= 11 is 7.18. The Hall–Kier alpha value is -3.95. The first kappa shape index (κ1) is 27.1. The molecule has 1 atom stereocenters. The zero-order valence-electron chi connectivity index (χ0n) is 20.8. The fourth-order valence-corrected chi connectivity index (χ4v) is 5.19. The lowest BCUT2D eigenvalue weighted by molar-refractivity contribution is -0.132. The molecule has 2 heterocycles. The number of nitrogens with zero attached hydrogens (tertiary/aromatic N) is 2. The number of aromatic nitrogens is 1. The second-order valence-corrected chi connectivity index (χ2v) is 9.81. The highest BCUT2D eigenvalue weighted by molar-refractivity contribution is 7.17. The predicted molar refractivity (Wildman–Crippen MR) is 146 cm³/mol. The molecule has 10 heteroatoms. The van der Waals surface area contributed by atoms with Gasteiger partial charge >= 0.3 is 11.9 Å². The Bertz CT molecular complexity index is 1450. The van der Waals surface area contributed by atoms with Crippen LogP contribution in [0.4, 0.5) is 5.13 Å². The summed E-state index contributed by atoms with van der Waals surface area (Å²) < 4.78 is 10.8. The number of carbonyl (C=O) groups excluding carboxylic acids is 3. The fraction of sp³-hybridized carbons (Fsp3) is 0.214. The van der Waals surface area contributed by atoms with Crippen molar-refractivity contribution in [1.29, 1.82) is 0 Å². The van der Waals surface area contributed by atoms with Crippen LogP contribution in [0.5, 0.6) is 5.75 Å². The van der Waals surface area contributed by atoms with Gasteiger partial charge < -0.3 is 14.6 Å². The van der Waals surface area contributed by atoms with Gasteiger partial charge in [0.1, 0.15) is 23.0 Å². The standard InChI is InChI=1S/C28H25ClN2O6S/c1-4-12-36-20-11-7-9-18(15-20)23(32)21-22(17-8-6-10-19(29)14-17)31(26(34)24(21)33)28-30-16(3)25(38-28)27(35)37-13-5-2/h5-11,14-15,22,32H,2,4,12-13H2,1,3H3/b23-21+. The number of ether oxygens (including phenoxy) is 2. The number of hydrogen-bond acceptors (Lipinski definition) is 8. The second kappa shape index (κ2) is 11.6. The quantitative estimate of drug-likeness (QED) is 0.116. The van der Waals surface area contributed by atoms with E-state index in [0.717, 1.165) is 17.8 Å². The predicted octanol–water partition coefficient (Wildman–Crippen LogP) is 5.86. The molecule has 4 rings (SSSR count). The Morgan fingerprint density at radius 2 is 2.00 bits per heavy atom. The molecule has 196 valence electrons. The summed E-state index contributed by atoms with van der Waals surface area (Å²) in [5, 5.41) is 11.9. The number of carbonyl (C=O) groups is 3. The van der Waals surface area contributed by atoms with Gasteiger partial charge in [0.15, 0.2) is 5.13 Å². The minimum absolute atomic E-state index is 0.0135. The van der Waals surface area contributed by atoms with Crippen molar-refractivity contribution in [3.05, 3.63) is 93.5 Å². The van der Waals surface area contributed by atoms with Gasteiger partial charge in [0.05, 0.1) is 23.9 Å². The van der Waals surface area contributed by atoms with Crippen molar-refractivity contribution in [2.75, 3.05) is 18.1 Å². The lowest BCUT2D eigenvalue weighted by Crippen LogP contribution is -2.29. The van der Waals surface area contributed by atoms with Gasteiger partial charge in [-0.1, -0.05) is 66.8 Å². The summed E-state index contributed by atoms with van der Waals surface area (Å²) in [6.07, 6.45) is 2.24. The molecule has 8 nitrogen and oxygen atoms in total. The van der Waals surface area contributed by atoms with Gasteiger partial charge in [0.25, 0.3) is 5.78 Å². The van der Waals surface area contributed by atoms with E-state index in [2.05, 4.69) is 11.6 Å². The summed E-state index contributed by atoms with van der Waals surface area (Å²) in [4.78, 5) is 45.1. The third-order valence-corrected chi connectivity index (χ3v) is 7.07. The maximum atomic E-state index is 13.4. The van der Waals surface area contributed by atoms with Gasteiger partial charge in [0, 0.05) is 10.6 Å². The number of halogens is 1. The Kier molecular flexibility index (Phi) is 8.29. The molecule has 1 fully saturated rings. The van der Waals surface area contributed by atoms with Gasteiger partial charge in [-0.15, -0.1) is 0 Å². The molecule has 1 N–H and O–H groups in total. The van der Waals surface area contributed by atoms with Crippen LogP contribution < -0.4 is 9.64 Å². The van der Waals surface area contributed by atoms with E-state index in [9.17, 15) is 19.5 Å². The smallest absolute Gasteiger partial charge is 0.350 e. The molecule has 0 saturated carbocycles. The van der Waals surface area contributed by atoms with Crippen LogP contribution >= 0.6 is 22.9 Å². The molecule has 3 aromatic rings. The van der Waals surface area contributed by atoms with E-state index >= 15 is 0 Å². The third kappa shape index (κ3) is 5.34. The van der Waals surface area contributed by atoms with E-state index in [1.54, 1.807) is 55.5 Å². The first-order valence-electron chi connectivity index (χ1n) is 11.8. The Morgan fingerprint density at radius 3 is 2.71 bits per heavy atom. The van der Waals surface area contributed by atoms with Gasteiger partial charge in [0.2, 0.25) is 0 Å². The maximum absolute atomic E-state index is 13.4. The number of amides is 1. The number of rotatable bonds is 9. The summed E-state index contributed by atoms with van der Waals surface area (Å²) in [7, 11) is 0. The summed E-state index contributed by atoms with van der Waals surface area (Å²) in [6, 6.07) is 12.3. The minimum Gasteiger partial charge on any atom is -0.507 e. The number of esters is 1. The van der Waals surface area contributed by atoms with Crippen LogP contribution in [0.1, 0.15) is 45.9 Å². The molecule has 1 unspecified atom stereocenters. The first-order valence-corrected chi connectivity index (χ1v) is 13.0. The van der Waals surface area contributed by atoms with Gasteiger partial charge in [-0.2, -0.15) is 0 Å². The molecular weight excluding hydrogens is 528 g/mol.